The third kappa shape index (κ3) is 15.8. The quantitative estimate of drug-likeness (QED) is 0.0252. The Morgan fingerprint density at radius 2 is 1.29 bits per heavy atom. The highest BCUT2D eigenvalue weighted by molar-refractivity contribution is 5.97. The lowest BCUT2D eigenvalue weighted by molar-refractivity contribution is -0.143. The highest BCUT2D eigenvalue weighted by Gasteiger charge is 2.34. The number of aliphatic imine (C=N–C) groups is 1. The standard InChI is InChI=1S/C35H53N11O13/c1-16(41-29(53)20(36)12-18-13-40-21-7-4-3-6-19(18)21)28(52)44-25(15-48)32(56)46-27(17(2)49)33(57)42-22(8-5-11-39-35(37)38)30(54)45-24(14-47)31(55)43-23(34(58)59)9-10-26(50)51/h3-4,6-7,13,16-17,20,22-25,27,40,47-49H,5,8-12,14-15,36H2,1-2H3,(H,41,53)(H,42,57)(H,43,55)(H,44,52)(H,45,54)(H,46,56)(H,50,51)(H,58,59)(H4,37,38,39)/t16-,17+,20-,22-,23-,24-,25-,27-/m0/s1. The van der Waals surface area contributed by atoms with E-state index in [1.807, 2.05) is 29.6 Å². The van der Waals surface area contributed by atoms with Gasteiger partial charge in [0.2, 0.25) is 35.4 Å². The molecule has 0 radical (unpaired) electrons. The maximum absolute atomic E-state index is 13.4. The highest BCUT2D eigenvalue weighted by atomic mass is 16.4. The molecule has 2 aromatic rings. The van der Waals surface area contributed by atoms with Crippen molar-refractivity contribution in [2.75, 3.05) is 19.8 Å². The number of aliphatic hydroxyl groups is 3. The molecule has 0 aliphatic rings. The van der Waals surface area contributed by atoms with Crippen molar-refractivity contribution < 1.29 is 63.9 Å². The van der Waals surface area contributed by atoms with Crippen molar-refractivity contribution in [3.8, 4) is 0 Å². The van der Waals surface area contributed by atoms with Crippen molar-refractivity contribution in [2.24, 2.45) is 22.2 Å². The van der Waals surface area contributed by atoms with Gasteiger partial charge in [0.15, 0.2) is 5.96 Å². The zero-order valence-electron chi connectivity index (χ0n) is 32.3. The number of aliphatic carboxylic acids is 2. The van der Waals surface area contributed by atoms with E-state index in [1.165, 1.54) is 6.92 Å². The van der Waals surface area contributed by atoms with E-state index < -0.39 is 122 Å². The van der Waals surface area contributed by atoms with E-state index in [-0.39, 0.29) is 31.8 Å². The summed E-state index contributed by atoms with van der Waals surface area (Å²) in [5, 5.41) is 62.7. The van der Waals surface area contributed by atoms with Gasteiger partial charge in [0.25, 0.3) is 0 Å². The van der Waals surface area contributed by atoms with Crippen molar-refractivity contribution >= 4 is 64.2 Å². The number of nitrogens with one attached hydrogen (secondary N) is 7. The van der Waals surface area contributed by atoms with Gasteiger partial charge in [-0.15, -0.1) is 0 Å². The molecule has 326 valence electrons. The van der Waals surface area contributed by atoms with Crippen LogP contribution in [0.3, 0.4) is 0 Å². The fraction of sp³-hybridized carbons (Fsp3) is 0.514. The van der Waals surface area contributed by atoms with Gasteiger partial charge in [-0.2, -0.15) is 0 Å². The zero-order valence-corrected chi connectivity index (χ0v) is 32.3. The summed E-state index contributed by atoms with van der Waals surface area (Å²) in [5.41, 5.74) is 18.4. The highest BCUT2D eigenvalue weighted by Crippen LogP contribution is 2.18. The summed E-state index contributed by atoms with van der Waals surface area (Å²) >= 11 is 0. The van der Waals surface area contributed by atoms with Gasteiger partial charge in [0, 0.05) is 30.1 Å². The first-order chi connectivity index (χ1) is 27.8. The summed E-state index contributed by atoms with van der Waals surface area (Å²) in [6.45, 7) is 0.317. The second kappa shape index (κ2) is 23.8. The Morgan fingerprint density at radius 3 is 1.86 bits per heavy atom. The van der Waals surface area contributed by atoms with Gasteiger partial charge in [-0.3, -0.25) is 38.6 Å². The average molecular weight is 836 g/mol. The number of carbonyl (C=O) groups is 8. The maximum Gasteiger partial charge on any atom is 0.326 e. The number of carboxylic acid groups (broad SMARTS) is 2. The fourth-order valence-corrected chi connectivity index (χ4v) is 5.46. The van der Waals surface area contributed by atoms with Crippen molar-refractivity contribution in [3.63, 3.8) is 0 Å². The number of carbonyl (C=O) groups excluding carboxylic acids is 6. The molecule has 24 heteroatoms. The predicted octanol–water partition coefficient (Wildman–Crippen LogP) is -5.67. The van der Waals surface area contributed by atoms with E-state index in [2.05, 4.69) is 36.6 Å². The van der Waals surface area contributed by atoms with Gasteiger partial charge >= 0.3 is 11.9 Å². The molecule has 24 nitrogen and oxygen atoms in total. The fourth-order valence-electron chi connectivity index (χ4n) is 5.46. The first kappa shape index (κ1) is 48.8. The number of aromatic amines is 1. The monoisotopic (exact) mass is 835 g/mol. The third-order valence-electron chi connectivity index (χ3n) is 8.74. The minimum absolute atomic E-state index is 0.0372. The molecule has 0 aliphatic carbocycles. The average Bonchev–Trinajstić information content (AvgIpc) is 3.58. The summed E-state index contributed by atoms with van der Waals surface area (Å²) in [4.78, 5) is 108. The van der Waals surface area contributed by atoms with Gasteiger partial charge < -0.3 is 79.6 Å². The number of aliphatic hydroxyl groups excluding tert-OH is 3. The molecule has 0 unspecified atom stereocenters. The van der Waals surface area contributed by atoms with Crippen LogP contribution in [0.1, 0.15) is 45.1 Å². The van der Waals surface area contributed by atoms with Gasteiger partial charge in [0.1, 0.15) is 36.3 Å². The second-order valence-corrected chi connectivity index (χ2v) is 13.5. The molecule has 8 atom stereocenters. The van der Waals surface area contributed by atoms with E-state index in [1.54, 1.807) is 6.20 Å². The van der Waals surface area contributed by atoms with Crippen LogP contribution in [0.4, 0.5) is 0 Å². The molecular weight excluding hydrogens is 782 g/mol. The SMILES string of the molecule is C[C@H](NC(=O)[C@@H](N)Cc1c[nH]c2ccccc12)C(=O)N[C@@H](CO)C(=O)N[C@H](C(=O)N[C@@H](CCCN=C(N)N)C(=O)N[C@@H](CO)C(=O)N[C@@H](CCC(=O)O)C(=O)O)[C@@H](C)O. The van der Waals surface area contributed by atoms with E-state index in [9.17, 15) is 58.8 Å². The van der Waals surface area contributed by atoms with Crippen molar-refractivity contribution in [2.45, 2.75) is 94.3 Å². The van der Waals surface area contributed by atoms with E-state index in [4.69, 9.17) is 22.3 Å². The lowest BCUT2D eigenvalue weighted by Crippen LogP contribution is -2.62. The Kier molecular flexibility index (Phi) is 19.6. The summed E-state index contributed by atoms with van der Waals surface area (Å²) in [6.07, 6.45) is -1.13. The molecule has 0 aliphatic heterocycles. The number of carboxylic acids is 2. The number of nitrogens with two attached hydrogens (primary N) is 3. The molecular formula is C35H53N11O13. The number of para-hydroxylation sites is 1. The van der Waals surface area contributed by atoms with Crippen LogP contribution in [0.2, 0.25) is 0 Å². The Bertz CT molecular complexity index is 1830. The van der Waals surface area contributed by atoms with Gasteiger partial charge in [0.05, 0.1) is 25.4 Å². The van der Waals surface area contributed by atoms with Crippen LogP contribution in [0.15, 0.2) is 35.5 Å². The molecule has 0 spiro atoms. The molecule has 6 amide bonds. The van der Waals surface area contributed by atoms with E-state index >= 15 is 0 Å². The van der Waals surface area contributed by atoms with Gasteiger partial charge in [-0.1, -0.05) is 18.2 Å². The normalized spacial score (nSPS) is 15.1. The number of hydrogen-bond donors (Lipinski definition) is 15. The lowest BCUT2D eigenvalue weighted by Gasteiger charge is -2.27. The molecule has 59 heavy (non-hydrogen) atoms. The Morgan fingerprint density at radius 1 is 0.729 bits per heavy atom. The lowest BCUT2D eigenvalue weighted by atomic mass is 10.0. The minimum atomic E-state index is -1.82. The molecule has 18 N–H and O–H groups in total. The minimum Gasteiger partial charge on any atom is -0.481 e. The van der Waals surface area contributed by atoms with Crippen LogP contribution in [0, 0.1) is 0 Å². The van der Waals surface area contributed by atoms with Gasteiger partial charge in [-0.25, -0.2) is 4.79 Å². The molecule has 2 rings (SSSR count). The van der Waals surface area contributed by atoms with Gasteiger partial charge in [-0.05, 0) is 51.2 Å². The molecule has 0 fully saturated rings. The van der Waals surface area contributed by atoms with Crippen molar-refractivity contribution in [1.82, 2.24) is 36.9 Å². The van der Waals surface area contributed by atoms with Crippen LogP contribution >= 0.6 is 0 Å². The topological polar surface area (TPSA) is 416 Å². The predicted molar refractivity (Wildman–Crippen MR) is 208 cm³/mol. The zero-order chi connectivity index (χ0) is 44.4. The summed E-state index contributed by atoms with van der Waals surface area (Å²) in [7, 11) is 0. The van der Waals surface area contributed by atoms with E-state index in [0.29, 0.717) is 0 Å². The van der Waals surface area contributed by atoms with Crippen LogP contribution in [-0.2, 0) is 44.8 Å². The molecule has 0 saturated carbocycles. The van der Waals surface area contributed by atoms with Crippen molar-refractivity contribution in [3.05, 3.63) is 36.0 Å². The molecule has 1 heterocycles. The number of H-pyrrole nitrogens is 1. The van der Waals surface area contributed by atoms with E-state index in [0.717, 1.165) is 23.4 Å². The Labute approximate surface area is 337 Å². The summed E-state index contributed by atoms with van der Waals surface area (Å²) in [5.74, 6) is -9.41. The number of guanidine groups is 1. The first-order valence-electron chi connectivity index (χ1n) is 18.3. The molecule has 1 aromatic carbocycles. The van der Waals surface area contributed by atoms with Crippen LogP contribution < -0.4 is 49.1 Å². The number of benzene rings is 1. The van der Waals surface area contributed by atoms with Crippen molar-refractivity contribution in [1.29, 1.82) is 0 Å². The maximum atomic E-state index is 13.4. The largest absolute Gasteiger partial charge is 0.481 e. The number of hydrogen-bond acceptors (Lipinski definition) is 13. The van der Waals surface area contributed by atoms with Crippen LogP contribution in [0.5, 0.6) is 0 Å². The third-order valence-corrected chi connectivity index (χ3v) is 8.74. The Hall–Kier alpha value is -6.37. The summed E-state index contributed by atoms with van der Waals surface area (Å²) in [6, 6.07) is -3.49. The smallest absolute Gasteiger partial charge is 0.326 e. The summed E-state index contributed by atoms with van der Waals surface area (Å²) < 4.78 is 0. The Balaban J connectivity index is 2.11. The number of amides is 6. The number of rotatable bonds is 25. The number of fused-ring (bicyclic) bond motifs is 1. The molecule has 0 bridgehead atoms. The molecule has 1 aromatic heterocycles. The number of aromatic nitrogens is 1. The second-order valence-electron chi connectivity index (χ2n) is 13.5. The van der Waals surface area contributed by atoms with Crippen LogP contribution in [0.25, 0.3) is 10.9 Å². The molecule has 0 saturated heterocycles. The number of nitrogens with zero attached hydrogens (tertiary/aromatic N) is 1. The van der Waals surface area contributed by atoms with Crippen LogP contribution in [-0.4, -0.2) is 152 Å². The first-order valence-corrected chi connectivity index (χ1v) is 18.3.